The maximum Gasteiger partial charge on any atom is 0.291 e. The van der Waals surface area contributed by atoms with Gasteiger partial charge in [-0.05, 0) is 6.42 Å². The van der Waals surface area contributed by atoms with E-state index in [9.17, 15) is 15.0 Å². The van der Waals surface area contributed by atoms with Gasteiger partial charge in [-0.3, -0.25) is 0 Å². The molecule has 0 bridgehead atoms. The zero-order valence-corrected chi connectivity index (χ0v) is 7.35. The molecule has 0 aromatic carbocycles. The van der Waals surface area contributed by atoms with Gasteiger partial charge in [-0.25, -0.2) is 10.1 Å². The van der Waals surface area contributed by atoms with Crippen LogP contribution in [0.1, 0.15) is 6.42 Å². The lowest BCUT2D eigenvalue weighted by molar-refractivity contribution is -0.485. The number of nitroso groups, excluding NO2 is 1. The second-order valence-electron chi connectivity index (χ2n) is 1.94. The average Bonchev–Trinajstić information content (AvgIpc) is 2.04. The molecule has 0 radical (unpaired) electrons. The lowest BCUT2D eigenvalue weighted by Gasteiger charge is -2.09. The van der Waals surface area contributed by atoms with Crippen LogP contribution in [0.25, 0.3) is 0 Å². The fourth-order valence-corrected chi connectivity index (χ4v) is 0.662. The van der Waals surface area contributed by atoms with E-state index in [0.29, 0.717) is 17.3 Å². The molecule has 0 rings (SSSR count). The first-order valence-corrected chi connectivity index (χ1v) is 3.80. The highest BCUT2D eigenvalue weighted by Crippen LogP contribution is 1.94. The predicted octanol–water partition coefficient (Wildman–Crippen LogP) is 0.105. The third-order valence-corrected chi connectivity index (χ3v) is 1.32. The van der Waals surface area contributed by atoms with Crippen LogP contribution >= 0.6 is 11.6 Å². The second-order valence-corrected chi connectivity index (χ2v) is 2.32. The summed E-state index contributed by atoms with van der Waals surface area (Å²) in [7, 11) is 0. The quantitative estimate of drug-likeness (QED) is 0.172. The molecule has 0 aromatic heterocycles. The van der Waals surface area contributed by atoms with Gasteiger partial charge in [-0.1, -0.05) is 0 Å². The molecule has 0 saturated carbocycles. The molecule has 0 amide bonds. The Morgan fingerprint density at radius 2 is 2.31 bits per heavy atom. The van der Waals surface area contributed by atoms with Gasteiger partial charge in [0.15, 0.2) is 5.03 Å². The van der Waals surface area contributed by atoms with E-state index in [1.807, 2.05) is 0 Å². The molecule has 0 fully saturated rings. The van der Waals surface area contributed by atoms with Crippen molar-refractivity contribution in [2.75, 3.05) is 12.4 Å². The van der Waals surface area contributed by atoms with Crippen molar-refractivity contribution < 1.29 is 5.03 Å². The molecule has 74 valence electrons. The number of hydrogen-bond donors (Lipinski definition) is 1. The van der Waals surface area contributed by atoms with E-state index in [4.69, 9.17) is 17.3 Å². The van der Waals surface area contributed by atoms with Gasteiger partial charge in [0.05, 0.1) is 5.29 Å². The van der Waals surface area contributed by atoms with Gasteiger partial charge in [0, 0.05) is 12.4 Å². The number of alkyl halides is 1. The zero-order valence-electron chi connectivity index (χ0n) is 6.59. The summed E-state index contributed by atoms with van der Waals surface area (Å²) in [6, 6.07) is 0. The molecular weight excluding hydrogens is 202 g/mol. The number of guanidine groups is 1. The summed E-state index contributed by atoms with van der Waals surface area (Å²) in [6.45, 7) is 0.107. The molecule has 0 aliphatic carbocycles. The third kappa shape index (κ3) is 4.90. The summed E-state index contributed by atoms with van der Waals surface area (Å²) >= 11 is 5.33. The normalized spacial score (nSPS) is 11.0. The minimum Gasteiger partial charge on any atom is -0.363 e. The number of halogens is 1. The number of nitrogens with two attached hydrogens (primary N) is 1. The Balaban J connectivity index is 4.22. The third-order valence-electron chi connectivity index (χ3n) is 1.05. The van der Waals surface area contributed by atoms with E-state index >= 15 is 0 Å². The number of hydrazone groups is 1. The van der Waals surface area contributed by atoms with Crippen molar-refractivity contribution in [3.8, 4) is 0 Å². The molecule has 0 spiro atoms. The maximum absolute atomic E-state index is 10.1. The van der Waals surface area contributed by atoms with E-state index in [-0.39, 0.29) is 6.54 Å². The standard InChI is InChI=1S/C4H8ClN5O3/c5-2-1-3-9(8-11)4(6)7-10(12)13/h1-3H2,(H2,6,7). The molecule has 9 heteroatoms. The van der Waals surface area contributed by atoms with Crippen LogP contribution in [0, 0.1) is 15.0 Å². The van der Waals surface area contributed by atoms with Crippen LogP contribution in [0.2, 0.25) is 0 Å². The molecule has 0 saturated heterocycles. The Bertz CT molecular complexity index is 220. The van der Waals surface area contributed by atoms with Gasteiger partial charge in [0.2, 0.25) is 0 Å². The zero-order chi connectivity index (χ0) is 10.3. The van der Waals surface area contributed by atoms with Crippen molar-refractivity contribution in [1.29, 1.82) is 0 Å². The molecule has 0 aliphatic rings. The highest BCUT2D eigenvalue weighted by molar-refractivity contribution is 6.17. The molecule has 0 atom stereocenters. The average molecular weight is 210 g/mol. The topological polar surface area (TPSA) is 114 Å². The highest BCUT2D eigenvalue weighted by Gasteiger charge is 2.10. The first-order chi connectivity index (χ1) is 6.11. The van der Waals surface area contributed by atoms with Gasteiger partial charge in [-0.15, -0.1) is 16.5 Å². The molecular formula is C4H8ClN5O3. The summed E-state index contributed by atoms with van der Waals surface area (Å²) < 4.78 is 0. The van der Waals surface area contributed by atoms with Gasteiger partial charge >= 0.3 is 0 Å². The van der Waals surface area contributed by atoms with Gasteiger partial charge in [0.25, 0.3) is 5.96 Å². The van der Waals surface area contributed by atoms with Gasteiger partial charge in [-0.2, -0.15) is 5.01 Å². The largest absolute Gasteiger partial charge is 0.363 e. The highest BCUT2D eigenvalue weighted by atomic mass is 35.5. The first-order valence-electron chi connectivity index (χ1n) is 3.27. The van der Waals surface area contributed by atoms with Crippen molar-refractivity contribution in [2.45, 2.75) is 6.42 Å². The molecule has 8 nitrogen and oxygen atoms in total. The smallest absolute Gasteiger partial charge is 0.291 e. The number of nitro groups is 1. The number of rotatable bonds is 5. The minimum absolute atomic E-state index is 0.107. The van der Waals surface area contributed by atoms with Crippen LogP contribution in [0.5, 0.6) is 0 Å². The van der Waals surface area contributed by atoms with Crippen LogP contribution in [0.15, 0.2) is 10.4 Å². The van der Waals surface area contributed by atoms with Crippen molar-refractivity contribution in [3.63, 3.8) is 0 Å². The minimum atomic E-state index is -1.01. The summed E-state index contributed by atoms with van der Waals surface area (Å²) in [5.74, 6) is -0.247. The molecule has 0 aromatic rings. The fraction of sp³-hybridized carbons (Fsp3) is 0.750. The van der Waals surface area contributed by atoms with E-state index in [1.54, 1.807) is 0 Å². The van der Waals surface area contributed by atoms with Crippen molar-refractivity contribution in [2.24, 2.45) is 16.1 Å². The van der Waals surface area contributed by atoms with Crippen LogP contribution in [-0.2, 0) is 0 Å². The van der Waals surface area contributed by atoms with Crippen molar-refractivity contribution in [3.05, 3.63) is 15.0 Å². The predicted molar refractivity (Wildman–Crippen MR) is 46.5 cm³/mol. The Kier molecular flexibility index (Phi) is 5.44. The maximum atomic E-state index is 10.1. The van der Waals surface area contributed by atoms with E-state index in [2.05, 4.69) is 10.4 Å². The summed E-state index contributed by atoms with van der Waals surface area (Å²) in [6.07, 6.45) is 0.432. The first kappa shape index (κ1) is 11.6. The van der Waals surface area contributed by atoms with Gasteiger partial charge < -0.3 is 5.73 Å². The summed E-state index contributed by atoms with van der Waals surface area (Å²) in [5, 5.41) is 14.7. The Morgan fingerprint density at radius 1 is 1.69 bits per heavy atom. The lowest BCUT2D eigenvalue weighted by Crippen LogP contribution is -2.34. The van der Waals surface area contributed by atoms with E-state index in [0.717, 1.165) is 0 Å². The van der Waals surface area contributed by atoms with Crippen LogP contribution < -0.4 is 5.73 Å². The Labute approximate surface area is 78.4 Å². The number of hydrogen-bond acceptors (Lipinski definition) is 4. The molecule has 13 heavy (non-hydrogen) atoms. The summed E-state index contributed by atoms with van der Waals surface area (Å²) in [5.41, 5.74) is 5.07. The van der Waals surface area contributed by atoms with Crippen LogP contribution in [-0.4, -0.2) is 28.4 Å². The lowest BCUT2D eigenvalue weighted by atomic mass is 10.5. The summed E-state index contributed by atoms with van der Waals surface area (Å²) in [4.78, 5) is 19.9. The van der Waals surface area contributed by atoms with Gasteiger partial charge in [0.1, 0.15) is 5.10 Å². The van der Waals surface area contributed by atoms with E-state index < -0.39 is 11.0 Å². The second kappa shape index (κ2) is 6.12. The molecule has 0 aliphatic heterocycles. The Morgan fingerprint density at radius 3 is 2.69 bits per heavy atom. The van der Waals surface area contributed by atoms with Crippen molar-refractivity contribution in [1.82, 2.24) is 5.01 Å². The fourth-order valence-electron chi connectivity index (χ4n) is 0.542. The van der Waals surface area contributed by atoms with E-state index in [1.165, 1.54) is 0 Å². The van der Waals surface area contributed by atoms with Crippen LogP contribution in [0.3, 0.4) is 0 Å². The molecule has 0 heterocycles. The monoisotopic (exact) mass is 209 g/mol. The Hall–Kier alpha value is -1.44. The SMILES string of the molecule is N/C(=N\[N+](=O)[O-])N(CCCCl)N=O. The molecule has 0 unspecified atom stereocenters. The van der Waals surface area contributed by atoms with Crippen molar-refractivity contribution >= 4 is 17.6 Å². The number of nitrogens with zero attached hydrogens (tertiary/aromatic N) is 4. The molecule has 2 N–H and O–H groups in total. The van der Waals surface area contributed by atoms with Crippen LogP contribution in [0.4, 0.5) is 0 Å².